The summed E-state index contributed by atoms with van der Waals surface area (Å²) in [6.45, 7) is 2.92. The maximum atomic E-state index is 11.0. The van der Waals surface area contributed by atoms with Gasteiger partial charge in [0, 0.05) is 27.8 Å². The number of rotatable bonds is 9. The van der Waals surface area contributed by atoms with Crippen molar-refractivity contribution in [1.82, 2.24) is 0 Å². The van der Waals surface area contributed by atoms with Gasteiger partial charge >= 0.3 is 5.97 Å². The van der Waals surface area contributed by atoms with Gasteiger partial charge in [0.25, 0.3) is 0 Å². The monoisotopic (exact) mass is 479 g/mol. The number of anilines is 1. The van der Waals surface area contributed by atoms with Gasteiger partial charge in [0.05, 0.1) is 17.2 Å². The first kappa shape index (κ1) is 23.1. The Bertz CT molecular complexity index is 1050. The molecule has 0 spiro atoms. The number of aromatic carboxylic acids is 1. The molecule has 2 N–H and O–H groups in total. The second-order valence-corrected chi connectivity index (χ2v) is 7.78. The van der Waals surface area contributed by atoms with E-state index in [2.05, 4.69) is 5.32 Å². The molecule has 3 aromatic carbocycles. The van der Waals surface area contributed by atoms with Crippen LogP contribution in [0, 0.1) is 0 Å². The molecule has 0 bridgehead atoms. The lowest BCUT2D eigenvalue weighted by molar-refractivity contribution is 0.0697. The van der Waals surface area contributed by atoms with E-state index >= 15 is 0 Å². The fourth-order valence-corrected chi connectivity index (χ4v) is 3.67. The van der Waals surface area contributed by atoms with Crippen molar-refractivity contribution < 1.29 is 19.4 Å². The maximum Gasteiger partial charge on any atom is 0.335 e. The van der Waals surface area contributed by atoms with Gasteiger partial charge in [-0.05, 0) is 61.0 Å². The lowest BCUT2D eigenvalue weighted by Gasteiger charge is -2.17. The highest BCUT2D eigenvalue weighted by Crippen LogP contribution is 2.38. The molecule has 0 saturated heterocycles. The van der Waals surface area contributed by atoms with Crippen LogP contribution in [0.4, 0.5) is 5.69 Å². The van der Waals surface area contributed by atoms with Crippen molar-refractivity contribution in [2.45, 2.75) is 20.1 Å². The lowest BCUT2D eigenvalue weighted by Crippen LogP contribution is -2.04. The number of ether oxygens (including phenoxy) is 2. The molecule has 0 aliphatic carbocycles. The first-order chi connectivity index (χ1) is 14.9. The van der Waals surface area contributed by atoms with Gasteiger partial charge in [-0.15, -0.1) is 0 Å². The Labute approximate surface area is 195 Å². The van der Waals surface area contributed by atoms with Gasteiger partial charge in [0.1, 0.15) is 6.61 Å². The van der Waals surface area contributed by atoms with E-state index in [0.29, 0.717) is 45.3 Å². The molecule has 0 heterocycles. The quantitative estimate of drug-likeness (QED) is 0.347. The van der Waals surface area contributed by atoms with E-state index in [4.69, 9.17) is 49.4 Å². The van der Waals surface area contributed by atoms with E-state index in [-0.39, 0.29) is 12.2 Å². The van der Waals surface area contributed by atoms with Crippen LogP contribution in [0.2, 0.25) is 15.1 Å². The van der Waals surface area contributed by atoms with Crippen LogP contribution in [0.25, 0.3) is 0 Å². The Balaban J connectivity index is 1.75. The van der Waals surface area contributed by atoms with Gasteiger partial charge in [-0.1, -0.05) is 40.9 Å². The van der Waals surface area contributed by atoms with Crippen LogP contribution in [-0.2, 0) is 13.2 Å². The summed E-state index contributed by atoms with van der Waals surface area (Å²) in [4.78, 5) is 11.0. The molecule has 0 unspecified atom stereocenters. The second-order valence-electron chi connectivity index (χ2n) is 6.56. The molecule has 5 nitrogen and oxygen atoms in total. The van der Waals surface area contributed by atoms with Crippen molar-refractivity contribution in [2.24, 2.45) is 0 Å². The smallest absolute Gasteiger partial charge is 0.335 e. The molecule has 0 saturated carbocycles. The molecule has 0 aliphatic rings. The molecule has 0 fully saturated rings. The van der Waals surface area contributed by atoms with Crippen LogP contribution in [0.1, 0.15) is 28.4 Å². The first-order valence-corrected chi connectivity index (χ1v) is 10.6. The third kappa shape index (κ3) is 5.97. The van der Waals surface area contributed by atoms with Gasteiger partial charge in [0.2, 0.25) is 0 Å². The van der Waals surface area contributed by atoms with Crippen molar-refractivity contribution in [1.29, 1.82) is 0 Å². The molecule has 162 valence electrons. The number of carboxylic acids is 1. The average molecular weight is 481 g/mol. The van der Waals surface area contributed by atoms with Crippen LogP contribution in [0.15, 0.2) is 54.6 Å². The normalized spacial score (nSPS) is 10.6. The minimum absolute atomic E-state index is 0.145. The number of benzene rings is 3. The highest BCUT2D eigenvalue weighted by molar-refractivity contribution is 6.36. The molecule has 0 atom stereocenters. The average Bonchev–Trinajstić information content (AvgIpc) is 2.74. The zero-order valence-corrected chi connectivity index (χ0v) is 18.9. The Morgan fingerprint density at radius 1 is 0.968 bits per heavy atom. The molecular formula is C23H20Cl3NO4. The minimum Gasteiger partial charge on any atom is -0.490 e. The van der Waals surface area contributed by atoms with Gasteiger partial charge in [-0.2, -0.15) is 0 Å². The number of halogens is 3. The van der Waals surface area contributed by atoms with E-state index in [1.807, 2.05) is 13.0 Å². The molecule has 0 aromatic heterocycles. The first-order valence-electron chi connectivity index (χ1n) is 9.47. The Morgan fingerprint density at radius 3 is 2.26 bits per heavy atom. The van der Waals surface area contributed by atoms with Crippen molar-refractivity contribution in [3.8, 4) is 11.5 Å². The van der Waals surface area contributed by atoms with E-state index in [1.54, 1.807) is 48.5 Å². The zero-order chi connectivity index (χ0) is 22.4. The number of nitrogens with one attached hydrogen (secondary N) is 1. The summed E-state index contributed by atoms with van der Waals surface area (Å²) in [5, 5.41) is 13.6. The van der Waals surface area contributed by atoms with Crippen LogP contribution >= 0.6 is 34.8 Å². The fraction of sp³-hybridized carbons (Fsp3) is 0.174. The van der Waals surface area contributed by atoms with Crippen LogP contribution in [0.3, 0.4) is 0 Å². The Kier molecular flexibility index (Phi) is 7.91. The van der Waals surface area contributed by atoms with E-state index in [0.717, 1.165) is 11.3 Å². The summed E-state index contributed by atoms with van der Waals surface area (Å²) < 4.78 is 11.7. The summed E-state index contributed by atoms with van der Waals surface area (Å²) in [6, 6.07) is 15.4. The summed E-state index contributed by atoms with van der Waals surface area (Å²) >= 11 is 18.9. The van der Waals surface area contributed by atoms with Gasteiger partial charge in [0.15, 0.2) is 11.5 Å². The Morgan fingerprint density at radius 2 is 1.65 bits per heavy atom. The lowest BCUT2D eigenvalue weighted by atomic mass is 10.1. The van der Waals surface area contributed by atoms with Crippen LogP contribution in [-0.4, -0.2) is 17.7 Å². The van der Waals surface area contributed by atoms with Crippen molar-refractivity contribution in [3.05, 3.63) is 86.4 Å². The van der Waals surface area contributed by atoms with Crippen molar-refractivity contribution >= 4 is 46.5 Å². The predicted molar refractivity (Wildman–Crippen MR) is 124 cm³/mol. The van der Waals surface area contributed by atoms with Crippen molar-refractivity contribution in [2.75, 3.05) is 11.9 Å². The minimum atomic E-state index is -0.964. The molecule has 8 heteroatoms. The molecule has 0 radical (unpaired) electrons. The number of hydrogen-bond acceptors (Lipinski definition) is 4. The fourth-order valence-electron chi connectivity index (χ4n) is 2.88. The highest BCUT2D eigenvalue weighted by atomic mass is 35.5. The molecular weight excluding hydrogens is 461 g/mol. The largest absolute Gasteiger partial charge is 0.490 e. The van der Waals surface area contributed by atoms with E-state index in [1.165, 1.54) is 0 Å². The van der Waals surface area contributed by atoms with E-state index in [9.17, 15) is 4.79 Å². The topological polar surface area (TPSA) is 67.8 Å². The van der Waals surface area contributed by atoms with Gasteiger partial charge < -0.3 is 19.9 Å². The SMILES string of the molecule is CCOc1cc(CNc2ccc(C(=O)O)cc2)cc(Cl)c1OCc1c(Cl)cccc1Cl. The summed E-state index contributed by atoms with van der Waals surface area (Å²) in [5.74, 6) is -0.0429. The molecule has 3 aromatic rings. The molecule has 31 heavy (non-hydrogen) atoms. The summed E-state index contributed by atoms with van der Waals surface area (Å²) in [6.07, 6.45) is 0. The molecule has 3 rings (SSSR count). The summed E-state index contributed by atoms with van der Waals surface area (Å²) in [5.41, 5.74) is 2.55. The maximum absolute atomic E-state index is 11.0. The standard InChI is InChI=1S/C23H20Cl3NO4/c1-2-30-21-11-14(12-27-16-8-6-15(7-9-16)23(28)29)10-20(26)22(21)31-13-17-18(24)4-3-5-19(17)25/h3-11,27H,2,12-13H2,1H3,(H,28,29). The number of carboxylic acid groups (broad SMARTS) is 1. The zero-order valence-electron chi connectivity index (χ0n) is 16.6. The Hall–Kier alpha value is -2.60. The third-order valence-corrected chi connectivity index (χ3v) is 5.41. The number of hydrogen-bond donors (Lipinski definition) is 2. The number of carbonyl (C=O) groups is 1. The summed E-state index contributed by atoms with van der Waals surface area (Å²) in [7, 11) is 0. The van der Waals surface area contributed by atoms with Crippen molar-refractivity contribution in [3.63, 3.8) is 0 Å². The molecule has 0 amide bonds. The van der Waals surface area contributed by atoms with Crippen LogP contribution in [0.5, 0.6) is 11.5 Å². The second kappa shape index (κ2) is 10.6. The highest BCUT2D eigenvalue weighted by Gasteiger charge is 2.15. The van der Waals surface area contributed by atoms with E-state index < -0.39 is 5.97 Å². The van der Waals surface area contributed by atoms with Gasteiger partial charge in [-0.25, -0.2) is 4.79 Å². The molecule has 0 aliphatic heterocycles. The predicted octanol–water partition coefficient (Wildman–Crippen LogP) is 6.93. The van der Waals surface area contributed by atoms with Crippen LogP contribution < -0.4 is 14.8 Å². The van der Waals surface area contributed by atoms with Gasteiger partial charge in [-0.3, -0.25) is 0 Å². The third-order valence-electron chi connectivity index (χ3n) is 4.42.